The molecule has 6 heteroatoms. The Bertz CT molecular complexity index is 799. The van der Waals surface area contributed by atoms with E-state index in [9.17, 15) is 0 Å². The Kier molecular flexibility index (Phi) is 3.31. The van der Waals surface area contributed by atoms with Gasteiger partial charge in [0.1, 0.15) is 11.6 Å². The molecule has 0 amide bonds. The Balaban J connectivity index is 1.96. The van der Waals surface area contributed by atoms with Crippen molar-refractivity contribution in [3.63, 3.8) is 0 Å². The minimum absolute atomic E-state index is 0.725. The van der Waals surface area contributed by atoms with Crippen molar-refractivity contribution in [2.75, 3.05) is 7.11 Å². The summed E-state index contributed by atoms with van der Waals surface area (Å²) in [4.78, 5) is 7.56. The first-order valence-electron chi connectivity index (χ1n) is 6.42. The van der Waals surface area contributed by atoms with Crippen molar-refractivity contribution < 1.29 is 4.74 Å². The number of nitrogens with zero attached hydrogens (tertiary/aromatic N) is 3. The van der Waals surface area contributed by atoms with E-state index in [4.69, 9.17) is 17.0 Å². The highest BCUT2D eigenvalue weighted by Crippen LogP contribution is 2.21. The molecule has 0 bridgehead atoms. The van der Waals surface area contributed by atoms with Crippen molar-refractivity contribution >= 4 is 23.3 Å². The summed E-state index contributed by atoms with van der Waals surface area (Å²) in [6, 6.07) is 5.91. The number of hydrogen-bond acceptors (Lipinski definition) is 3. The molecule has 3 aromatic rings. The predicted molar refractivity (Wildman–Crippen MR) is 80.6 cm³/mol. The van der Waals surface area contributed by atoms with Gasteiger partial charge >= 0.3 is 0 Å². The van der Waals surface area contributed by atoms with Gasteiger partial charge in [0.05, 0.1) is 18.1 Å². The highest BCUT2D eigenvalue weighted by Gasteiger charge is 2.07. The minimum atomic E-state index is 0.725. The van der Waals surface area contributed by atoms with Crippen molar-refractivity contribution in [1.29, 1.82) is 0 Å². The number of fused-ring (bicyclic) bond motifs is 1. The van der Waals surface area contributed by atoms with Crippen LogP contribution in [0.4, 0.5) is 0 Å². The first-order valence-corrected chi connectivity index (χ1v) is 6.82. The van der Waals surface area contributed by atoms with Crippen LogP contribution in [0.15, 0.2) is 30.6 Å². The SMILES string of the molecule is COc1ccc2[nH]c(=S)n(CCc3nccn3C)c2c1. The van der Waals surface area contributed by atoms with Crippen LogP contribution in [0, 0.1) is 4.77 Å². The number of rotatable bonds is 4. The molecule has 2 heterocycles. The van der Waals surface area contributed by atoms with Gasteiger partial charge in [0.15, 0.2) is 4.77 Å². The lowest BCUT2D eigenvalue weighted by Crippen LogP contribution is -2.05. The maximum absolute atomic E-state index is 5.40. The molecule has 2 aromatic heterocycles. The van der Waals surface area contributed by atoms with Gasteiger partial charge in [0.2, 0.25) is 0 Å². The molecule has 0 atom stereocenters. The lowest BCUT2D eigenvalue weighted by atomic mass is 10.3. The van der Waals surface area contributed by atoms with Crippen molar-refractivity contribution in [3.05, 3.63) is 41.2 Å². The van der Waals surface area contributed by atoms with Gasteiger partial charge in [-0.3, -0.25) is 0 Å². The van der Waals surface area contributed by atoms with Gasteiger partial charge in [-0.25, -0.2) is 4.98 Å². The molecule has 3 rings (SSSR count). The monoisotopic (exact) mass is 288 g/mol. The molecule has 5 nitrogen and oxygen atoms in total. The molecule has 0 saturated carbocycles. The first kappa shape index (κ1) is 12.9. The van der Waals surface area contributed by atoms with E-state index >= 15 is 0 Å². The van der Waals surface area contributed by atoms with Crippen LogP contribution >= 0.6 is 12.2 Å². The number of ether oxygens (including phenoxy) is 1. The Labute approximate surface area is 121 Å². The Morgan fingerprint density at radius 3 is 2.95 bits per heavy atom. The molecule has 0 saturated heterocycles. The quantitative estimate of drug-likeness (QED) is 0.751. The van der Waals surface area contributed by atoms with Crippen LogP contribution in [-0.4, -0.2) is 26.2 Å². The molecule has 0 aliphatic heterocycles. The van der Waals surface area contributed by atoms with Crippen LogP contribution < -0.4 is 4.74 Å². The van der Waals surface area contributed by atoms with Crippen LogP contribution in [0.25, 0.3) is 11.0 Å². The molecule has 1 N–H and O–H groups in total. The molecule has 0 fully saturated rings. The van der Waals surface area contributed by atoms with Crippen molar-refractivity contribution in [3.8, 4) is 5.75 Å². The summed E-state index contributed by atoms with van der Waals surface area (Å²) < 4.78 is 10.1. The maximum Gasteiger partial charge on any atom is 0.178 e. The summed E-state index contributed by atoms with van der Waals surface area (Å²) >= 11 is 5.40. The molecule has 0 aliphatic rings. The Morgan fingerprint density at radius 2 is 2.25 bits per heavy atom. The van der Waals surface area contributed by atoms with E-state index < -0.39 is 0 Å². The van der Waals surface area contributed by atoms with Crippen molar-refractivity contribution in [2.45, 2.75) is 13.0 Å². The second kappa shape index (κ2) is 5.13. The highest BCUT2D eigenvalue weighted by molar-refractivity contribution is 7.71. The van der Waals surface area contributed by atoms with Crippen LogP contribution in [0.1, 0.15) is 5.82 Å². The van der Waals surface area contributed by atoms with E-state index in [0.29, 0.717) is 0 Å². The smallest absolute Gasteiger partial charge is 0.178 e. The third-order valence-corrected chi connectivity index (χ3v) is 3.78. The summed E-state index contributed by atoms with van der Waals surface area (Å²) in [7, 11) is 3.67. The zero-order valence-electron chi connectivity index (χ0n) is 11.5. The first-order chi connectivity index (χ1) is 9.69. The number of benzene rings is 1. The van der Waals surface area contributed by atoms with Crippen molar-refractivity contribution in [2.24, 2.45) is 7.05 Å². The van der Waals surface area contributed by atoms with Crippen LogP contribution in [0.2, 0.25) is 0 Å². The van der Waals surface area contributed by atoms with E-state index in [2.05, 4.69) is 14.5 Å². The average molecular weight is 288 g/mol. The predicted octanol–water partition coefficient (Wildman–Crippen LogP) is 2.68. The van der Waals surface area contributed by atoms with Gasteiger partial charge in [-0.05, 0) is 24.4 Å². The fourth-order valence-corrected chi connectivity index (χ4v) is 2.63. The number of methoxy groups -OCH3 is 1. The molecule has 0 spiro atoms. The summed E-state index contributed by atoms with van der Waals surface area (Å²) in [5, 5.41) is 0. The summed E-state index contributed by atoms with van der Waals surface area (Å²) in [5.74, 6) is 1.88. The second-order valence-electron chi connectivity index (χ2n) is 4.67. The van der Waals surface area contributed by atoms with Gasteiger partial charge < -0.3 is 18.9 Å². The number of aromatic nitrogens is 4. The second-order valence-corrected chi connectivity index (χ2v) is 5.06. The van der Waals surface area contributed by atoms with Gasteiger partial charge in [-0.2, -0.15) is 0 Å². The van der Waals surface area contributed by atoms with Crippen molar-refractivity contribution in [1.82, 2.24) is 19.1 Å². The zero-order chi connectivity index (χ0) is 14.1. The molecule has 0 radical (unpaired) electrons. The molecule has 1 aromatic carbocycles. The summed E-state index contributed by atoms with van der Waals surface area (Å²) in [6.07, 6.45) is 4.60. The number of H-pyrrole nitrogens is 1. The summed E-state index contributed by atoms with van der Waals surface area (Å²) in [5.41, 5.74) is 2.08. The molecule has 104 valence electrons. The lowest BCUT2D eigenvalue weighted by molar-refractivity contribution is 0.415. The Hall–Kier alpha value is -2.08. The van der Waals surface area contributed by atoms with E-state index in [1.54, 1.807) is 7.11 Å². The van der Waals surface area contributed by atoms with Crippen LogP contribution in [-0.2, 0) is 20.0 Å². The third kappa shape index (κ3) is 2.22. The fourth-order valence-electron chi connectivity index (χ4n) is 2.33. The third-order valence-electron chi connectivity index (χ3n) is 3.46. The number of aryl methyl sites for hydroxylation is 3. The number of aromatic amines is 1. The van der Waals surface area contributed by atoms with Gasteiger partial charge in [0, 0.05) is 38.5 Å². The molecular weight excluding hydrogens is 272 g/mol. The van der Waals surface area contributed by atoms with E-state index in [1.165, 1.54) is 0 Å². The Morgan fingerprint density at radius 1 is 1.40 bits per heavy atom. The molecule has 0 aliphatic carbocycles. The van der Waals surface area contributed by atoms with Gasteiger partial charge in [-0.1, -0.05) is 0 Å². The number of imidazole rings is 2. The summed E-state index contributed by atoms with van der Waals surface area (Å²) in [6.45, 7) is 0.789. The maximum atomic E-state index is 5.40. The van der Waals surface area contributed by atoms with E-state index in [0.717, 1.165) is 40.3 Å². The largest absolute Gasteiger partial charge is 0.497 e. The van der Waals surface area contributed by atoms with Crippen LogP contribution in [0.3, 0.4) is 0 Å². The van der Waals surface area contributed by atoms with E-state index in [-0.39, 0.29) is 0 Å². The topological polar surface area (TPSA) is 47.8 Å². The normalized spacial score (nSPS) is 11.1. The standard InChI is InChI=1S/C14H16N4OS/c1-17-8-6-15-13(17)5-7-18-12-9-10(19-2)3-4-11(12)16-14(18)20/h3-4,6,8-9H,5,7H2,1-2H3,(H,16,20). The number of hydrogen-bond donors (Lipinski definition) is 1. The molecule has 20 heavy (non-hydrogen) atoms. The van der Waals surface area contributed by atoms with Gasteiger partial charge in [0.25, 0.3) is 0 Å². The lowest BCUT2D eigenvalue weighted by Gasteiger charge is -2.06. The number of nitrogens with one attached hydrogen (secondary N) is 1. The van der Waals surface area contributed by atoms with Gasteiger partial charge in [-0.15, -0.1) is 0 Å². The molecular formula is C14H16N4OS. The molecule has 0 unspecified atom stereocenters. The highest BCUT2D eigenvalue weighted by atomic mass is 32.1. The zero-order valence-corrected chi connectivity index (χ0v) is 12.3. The fraction of sp³-hybridized carbons (Fsp3) is 0.286. The van der Waals surface area contributed by atoms with E-state index in [1.807, 2.05) is 42.2 Å². The minimum Gasteiger partial charge on any atom is -0.497 e. The average Bonchev–Trinajstić information content (AvgIpc) is 2.99. The van der Waals surface area contributed by atoms with Crippen LogP contribution in [0.5, 0.6) is 5.75 Å².